The van der Waals surface area contributed by atoms with Gasteiger partial charge in [-0.25, -0.2) is 0 Å². The lowest BCUT2D eigenvalue weighted by Crippen LogP contribution is -2.32. The van der Waals surface area contributed by atoms with Crippen LogP contribution in [0.5, 0.6) is 0 Å². The standard InChI is InChI=1S/C11H13N3O/c1-7-3-4-9(6-12)5-10(7)14-11(15)8(2)13/h3-5,8H,13H2,1-2H3,(H,14,15)/t8-/m1/s1. The number of benzene rings is 1. The highest BCUT2D eigenvalue weighted by molar-refractivity contribution is 5.95. The summed E-state index contributed by atoms with van der Waals surface area (Å²) in [6, 6.07) is 6.58. The molecule has 0 aliphatic carbocycles. The summed E-state index contributed by atoms with van der Waals surface area (Å²) in [4.78, 5) is 11.3. The van der Waals surface area contributed by atoms with E-state index in [1.54, 1.807) is 25.1 Å². The molecule has 15 heavy (non-hydrogen) atoms. The van der Waals surface area contributed by atoms with E-state index in [0.717, 1.165) is 5.56 Å². The number of rotatable bonds is 2. The topological polar surface area (TPSA) is 78.9 Å². The number of amides is 1. The minimum Gasteiger partial charge on any atom is -0.324 e. The first kappa shape index (κ1) is 11.2. The zero-order chi connectivity index (χ0) is 11.4. The van der Waals surface area contributed by atoms with E-state index in [9.17, 15) is 4.79 Å². The highest BCUT2D eigenvalue weighted by Gasteiger charge is 2.09. The van der Waals surface area contributed by atoms with E-state index in [1.165, 1.54) is 0 Å². The number of hydrogen-bond acceptors (Lipinski definition) is 3. The molecule has 1 rings (SSSR count). The molecule has 0 aliphatic heterocycles. The van der Waals surface area contributed by atoms with Gasteiger partial charge >= 0.3 is 0 Å². The lowest BCUT2D eigenvalue weighted by Gasteiger charge is -2.10. The molecule has 0 saturated heterocycles. The highest BCUT2D eigenvalue weighted by atomic mass is 16.2. The number of anilines is 1. The predicted molar refractivity (Wildman–Crippen MR) is 58.2 cm³/mol. The summed E-state index contributed by atoms with van der Waals surface area (Å²) in [5.41, 5.74) is 7.48. The number of carbonyl (C=O) groups excluding carboxylic acids is 1. The molecule has 0 spiro atoms. The molecule has 0 radical (unpaired) electrons. The summed E-state index contributed by atoms with van der Waals surface area (Å²) in [5, 5.41) is 11.4. The molecule has 78 valence electrons. The van der Waals surface area contributed by atoms with Crippen LogP contribution in [0.15, 0.2) is 18.2 Å². The third kappa shape index (κ3) is 2.79. The summed E-state index contributed by atoms with van der Waals surface area (Å²) in [7, 11) is 0. The SMILES string of the molecule is Cc1ccc(C#N)cc1NC(=O)[C@@H](C)N. The summed E-state index contributed by atoms with van der Waals surface area (Å²) in [5.74, 6) is -0.256. The van der Waals surface area contributed by atoms with Crippen LogP contribution in [0.25, 0.3) is 0 Å². The van der Waals surface area contributed by atoms with Gasteiger partial charge in [0.05, 0.1) is 17.7 Å². The Kier molecular flexibility index (Phi) is 3.42. The fourth-order valence-corrected chi connectivity index (χ4v) is 1.07. The Morgan fingerprint density at radius 1 is 1.60 bits per heavy atom. The van der Waals surface area contributed by atoms with Crippen LogP contribution in [0.4, 0.5) is 5.69 Å². The Labute approximate surface area is 88.7 Å². The maximum Gasteiger partial charge on any atom is 0.241 e. The van der Waals surface area contributed by atoms with Crippen molar-refractivity contribution in [1.29, 1.82) is 5.26 Å². The van der Waals surface area contributed by atoms with Crippen molar-refractivity contribution in [3.05, 3.63) is 29.3 Å². The molecule has 1 atom stereocenters. The molecule has 0 aromatic heterocycles. The number of hydrogen-bond donors (Lipinski definition) is 2. The molecule has 0 heterocycles. The highest BCUT2D eigenvalue weighted by Crippen LogP contribution is 2.16. The second-order valence-electron chi connectivity index (χ2n) is 3.42. The van der Waals surface area contributed by atoms with Gasteiger partial charge in [-0.2, -0.15) is 5.26 Å². The van der Waals surface area contributed by atoms with E-state index >= 15 is 0 Å². The normalized spacial score (nSPS) is 11.6. The van der Waals surface area contributed by atoms with Crippen LogP contribution in [0.2, 0.25) is 0 Å². The third-order valence-electron chi connectivity index (χ3n) is 2.04. The van der Waals surface area contributed by atoms with Crippen LogP contribution in [-0.4, -0.2) is 11.9 Å². The average Bonchev–Trinajstić information content (AvgIpc) is 2.21. The minimum absolute atomic E-state index is 0.256. The molecule has 0 fully saturated rings. The van der Waals surface area contributed by atoms with Gasteiger partial charge < -0.3 is 11.1 Å². The van der Waals surface area contributed by atoms with E-state index in [-0.39, 0.29) is 5.91 Å². The maximum atomic E-state index is 11.3. The average molecular weight is 203 g/mol. The number of nitrogens with zero attached hydrogens (tertiary/aromatic N) is 1. The molecule has 0 saturated carbocycles. The van der Waals surface area contributed by atoms with Gasteiger partial charge in [0.1, 0.15) is 0 Å². The maximum absolute atomic E-state index is 11.3. The largest absolute Gasteiger partial charge is 0.324 e. The van der Waals surface area contributed by atoms with E-state index in [1.807, 2.05) is 13.0 Å². The molecule has 4 heteroatoms. The fourth-order valence-electron chi connectivity index (χ4n) is 1.07. The van der Waals surface area contributed by atoms with Crippen molar-refractivity contribution in [1.82, 2.24) is 0 Å². The molecule has 0 unspecified atom stereocenters. The molecule has 3 N–H and O–H groups in total. The number of nitrogens with one attached hydrogen (secondary N) is 1. The molecule has 0 aliphatic rings. The Morgan fingerprint density at radius 2 is 2.27 bits per heavy atom. The second-order valence-corrected chi connectivity index (χ2v) is 3.42. The van der Waals surface area contributed by atoms with Gasteiger partial charge in [-0.15, -0.1) is 0 Å². The number of aryl methyl sites for hydroxylation is 1. The Morgan fingerprint density at radius 3 is 2.80 bits per heavy atom. The first-order chi connectivity index (χ1) is 7.04. The Balaban J connectivity index is 2.94. The van der Waals surface area contributed by atoms with Crippen molar-refractivity contribution in [3.63, 3.8) is 0 Å². The first-order valence-corrected chi connectivity index (χ1v) is 4.62. The van der Waals surface area contributed by atoms with Gasteiger partial charge in [0.2, 0.25) is 5.91 Å². The molecule has 0 bridgehead atoms. The van der Waals surface area contributed by atoms with Crippen molar-refractivity contribution in [3.8, 4) is 6.07 Å². The zero-order valence-electron chi connectivity index (χ0n) is 8.74. The summed E-state index contributed by atoms with van der Waals surface area (Å²) in [6.07, 6.45) is 0. The number of carbonyl (C=O) groups is 1. The lowest BCUT2D eigenvalue weighted by atomic mass is 10.1. The van der Waals surface area contributed by atoms with Crippen molar-refractivity contribution >= 4 is 11.6 Å². The van der Waals surface area contributed by atoms with Crippen LogP contribution >= 0.6 is 0 Å². The van der Waals surface area contributed by atoms with Gasteiger partial charge in [0.15, 0.2) is 0 Å². The van der Waals surface area contributed by atoms with Gasteiger partial charge in [0.25, 0.3) is 0 Å². The third-order valence-corrected chi connectivity index (χ3v) is 2.04. The van der Waals surface area contributed by atoms with Crippen molar-refractivity contribution in [2.75, 3.05) is 5.32 Å². The van der Waals surface area contributed by atoms with Crippen LogP contribution in [-0.2, 0) is 4.79 Å². The van der Waals surface area contributed by atoms with Crippen LogP contribution in [0.1, 0.15) is 18.1 Å². The number of nitriles is 1. The van der Waals surface area contributed by atoms with Gasteiger partial charge in [-0.3, -0.25) is 4.79 Å². The number of nitrogens with two attached hydrogens (primary N) is 1. The Bertz CT molecular complexity index is 418. The van der Waals surface area contributed by atoms with Crippen LogP contribution in [0, 0.1) is 18.3 Å². The summed E-state index contributed by atoms with van der Waals surface area (Å²) in [6.45, 7) is 3.47. The quantitative estimate of drug-likeness (QED) is 0.756. The van der Waals surface area contributed by atoms with E-state index in [4.69, 9.17) is 11.0 Å². The van der Waals surface area contributed by atoms with Gasteiger partial charge in [0, 0.05) is 5.69 Å². The second kappa shape index (κ2) is 4.58. The molecule has 1 aromatic rings. The summed E-state index contributed by atoms with van der Waals surface area (Å²) >= 11 is 0. The minimum atomic E-state index is -0.560. The zero-order valence-corrected chi connectivity index (χ0v) is 8.74. The fraction of sp³-hybridized carbons (Fsp3) is 0.273. The lowest BCUT2D eigenvalue weighted by molar-refractivity contribution is -0.117. The van der Waals surface area contributed by atoms with Crippen molar-refractivity contribution in [2.45, 2.75) is 19.9 Å². The van der Waals surface area contributed by atoms with Gasteiger partial charge in [-0.1, -0.05) is 6.07 Å². The van der Waals surface area contributed by atoms with Crippen molar-refractivity contribution < 1.29 is 4.79 Å². The first-order valence-electron chi connectivity index (χ1n) is 4.62. The van der Waals surface area contributed by atoms with Crippen LogP contribution in [0.3, 0.4) is 0 Å². The predicted octanol–water partition coefficient (Wildman–Crippen LogP) is 1.15. The van der Waals surface area contributed by atoms with E-state index in [2.05, 4.69) is 5.32 Å². The van der Waals surface area contributed by atoms with Gasteiger partial charge in [-0.05, 0) is 31.5 Å². The van der Waals surface area contributed by atoms with E-state index < -0.39 is 6.04 Å². The molecular weight excluding hydrogens is 190 g/mol. The smallest absolute Gasteiger partial charge is 0.241 e. The molecule has 4 nitrogen and oxygen atoms in total. The Hall–Kier alpha value is -1.86. The molecule has 1 amide bonds. The summed E-state index contributed by atoms with van der Waals surface area (Å²) < 4.78 is 0. The molecule has 1 aromatic carbocycles. The van der Waals surface area contributed by atoms with Crippen molar-refractivity contribution in [2.24, 2.45) is 5.73 Å². The molecular formula is C11H13N3O. The van der Waals surface area contributed by atoms with E-state index in [0.29, 0.717) is 11.3 Å². The monoisotopic (exact) mass is 203 g/mol. The van der Waals surface area contributed by atoms with Crippen LogP contribution < -0.4 is 11.1 Å².